The standard InChI is InChI=1S/C11H19N3OS/c1-3-12-7-10-8-13-11(14-9-10)16-6-4-5-15-2/h8-9,12H,3-7H2,1-2H3. The summed E-state index contributed by atoms with van der Waals surface area (Å²) in [6, 6.07) is 0. The molecular weight excluding hydrogens is 222 g/mol. The van der Waals surface area contributed by atoms with Gasteiger partial charge < -0.3 is 10.1 Å². The summed E-state index contributed by atoms with van der Waals surface area (Å²) in [6.07, 6.45) is 4.80. The molecule has 16 heavy (non-hydrogen) atoms. The van der Waals surface area contributed by atoms with Gasteiger partial charge in [-0.05, 0) is 13.0 Å². The van der Waals surface area contributed by atoms with Gasteiger partial charge in [-0.25, -0.2) is 9.97 Å². The van der Waals surface area contributed by atoms with E-state index in [0.29, 0.717) is 0 Å². The molecule has 0 amide bonds. The lowest BCUT2D eigenvalue weighted by molar-refractivity contribution is 0.200. The third-order valence-electron chi connectivity index (χ3n) is 1.98. The highest BCUT2D eigenvalue weighted by atomic mass is 32.2. The molecule has 0 aliphatic carbocycles. The van der Waals surface area contributed by atoms with Gasteiger partial charge in [-0.2, -0.15) is 0 Å². The maximum absolute atomic E-state index is 4.98. The Bertz CT molecular complexity index is 279. The molecule has 0 radical (unpaired) electrons. The lowest BCUT2D eigenvalue weighted by atomic mass is 10.3. The van der Waals surface area contributed by atoms with Crippen LogP contribution in [0.3, 0.4) is 0 Å². The van der Waals surface area contributed by atoms with Crippen LogP contribution < -0.4 is 5.32 Å². The molecular formula is C11H19N3OS. The highest BCUT2D eigenvalue weighted by molar-refractivity contribution is 7.99. The van der Waals surface area contributed by atoms with Crippen LogP contribution in [0.4, 0.5) is 0 Å². The maximum atomic E-state index is 4.98. The molecule has 0 aliphatic heterocycles. The first-order valence-electron chi connectivity index (χ1n) is 5.50. The van der Waals surface area contributed by atoms with Crippen molar-refractivity contribution in [3.63, 3.8) is 0 Å². The molecule has 90 valence electrons. The Balaban J connectivity index is 2.27. The van der Waals surface area contributed by atoms with E-state index in [2.05, 4.69) is 22.2 Å². The van der Waals surface area contributed by atoms with Crippen LogP contribution in [0.5, 0.6) is 0 Å². The zero-order valence-corrected chi connectivity index (χ0v) is 10.7. The summed E-state index contributed by atoms with van der Waals surface area (Å²) in [5.74, 6) is 1.00. The normalized spacial score (nSPS) is 10.6. The number of ether oxygens (including phenoxy) is 1. The van der Waals surface area contributed by atoms with Gasteiger partial charge in [0.2, 0.25) is 0 Å². The molecule has 1 heterocycles. The van der Waals surface area contributed by atoms with E-state index in [1.54, 1.807) is 18.9 Å². The van der Waals surface area contributed by atoms with Crippen LogP contribution in [-0.2, 0) is 11.3 Å². The van der Waals surface area contributed by atoms with Gasteiger partial charge in [0.15, 0.2) is 5.16 Å². The quantitative estimate of drug-likeness (QED) is 0.426. The SMILES string of the molecule is CCNCc1cnc(SCCCOC)nc1. The average Bonchev–Trinajstić information content (AvgIpc) is 2.33. The van der Waals surface area contributed by atoms with Gasteiger partial charge in [-0.1, -0.05) is 18.7 Å². The van der Waals surface area contributed by atoms with Crippen molar-refractivity contribution >= 4 is 11.8 Å². The Labute approximate surface area is 101 Å². The van der Waals surface area contributed by atoms with Gasteiger partial charge in [-0.3, -0.25) is 0 Å². The molecule has 0 aliphatic rings. The lowest BCUT2D eigenvalue weighted by Crippen LogP contribution is -2.12. The Morgan fingerprint density at radius 1 is 1.38 bits per heavy atom. The molecule has 0 saturated heterocycles. The molecule has 1 N–H and O–H groups in total. The minimum absolute atomic E-state index is 0.797. The van der Waals surface area contributed by atoms with Crippen molar-refractivity contribution in [2.75, 3.05) is 26.0 Å². The molecule has 1 rings (SSSR count). The van der Waals surface area contributed by atoms with Crippen LogP contribution in [0, 0.1) is 0 Å². The number of aromatic nitrogens is 2. The number of thioether (sulfide) groups is 1. The fourth-order valence-electron chi connectivity index (χ4n) is 1.14. The third-order valence-corrected chi connectivity index (χ3v) is 2.95. The zero-order valence-electron chi connectivity index (χ0n) is 9.90. The molecule has 0 unspecified atom stereocenters. The number of hydrogen-bond acceptors (Lipinski definition) is 5. The predicted molar refractivity (Wildman–Crippen MR) is 66.6 cm³/mol. The van der Waals surface area contributed by atoms with Crippen LogP contribution in [0.1, 0.15) is 18.9 Å². The van der Waals surface area contributed by atoms with Crippen LogP contribution >= 0.6 is 11.8 Å². The predicted octanol–water partition coefficient (Wildman–Crippen LogP) is 1.71. The summed E-state index contributed by atoms with van der Waals surface area (Å²) in [4.78, 5) is 8.60. The molecule has 1 aromatic rings. The summed E-state index contributed by atoms with van der Waals surface area (Å²) in [5, 5.41) is 4.08. The first-order chi connectivity index (χ1) is 7.86. The summed E-state index contributed by atoms with van der Waals surface area (Å²) < 4.78 is 4.98. The van der Waals surface area contributed by atoms with Crippen molar-refractivity contribution in [3.05, 3.63) is 18.0 Å². The number of rotatable bonds is 8. The van der Waals surface area contributed by atoms with Crippen LogP contribution in [0.2, 0.25) is 0 Å². The second-order valence-corrected chi connectivity index (χ2v) is 4.41. The molecule has 0 fully saturated rings. The van der Waals surface area contributed by atoms with Crippen molar-refractivity contribution in [2.24, 2.45) is 0 Å². The third kappa shape index (κ3) is 5.44. The van der Waals surface area contributed by atoms with Gasteiger partial charge in [-0.15, -0.1) is 0 Å². The van der Waals surface area contributed by atoms with E-state index in [0.717, 1.165) is 42.6 Å². The first kappa shape index (κ1) is 13.4. The monoisotopic (exact) mass is 241 g/mol. The number of nitrogens with zero attached hydrogens (tertiary/aromatic N) is 2. The van der Waals surface area contributed by atoms with Gasteiger partial charge in [0.05, 0.1) is 0 Å². The minimum Gasteiger partial charge on any atom is -0.385 e. The van der Waals surface area contributed by atoms with E-state index >= 15 is 0 Å². The highest BCUT2D eigenvalue weighted by Gasteiger charge is 1.98. The number of methoxy groups -OCH3 is 1. The van der Waals surface area contributed by atoms with Crippen LogP contribution in [0.25, 0.3) is 0 Å². The van der Waals surface area contributed by atoms with E-state index in [9.17, 15) is 0 Å². The molecule has 0 spiro atoms. The summed E-state index contributed by atoms with van der Waals surface area (Å²) in [5.41, 5.74) is 1.13. The second kappa shape index (κ2) is 8.50. The van der Waals surface area contributed by atoms with Crippen molar-refractivity contribution in [2.45, 2.75) is 25.0 Å². The fourth-order valence-corrected chi connectivity index (χ4v) is 1.84. The van der Waals surface area contributed by atoms with E-state index in [-0.39, 0.29) is 0 Å². The van der Waals surface area contributed by atoms with Gasteiger partial charge in [0.1, 0.15) is 0 Å². The van der Waals surface area contributed by atoms with E-state index in [4.69, 9.17) is 4.74 Å². The Morgan fingerprint density at radius 3 is 2.75 bits per heavy atom. The van der Waals surface area contributed by atoms with Gasteiger partial charge >= 0.3 is 0 Å². The maximum Gasteiger partial charge on any atom is 0.187 e. The molecule has 0 atom stereocenters. The van der Waals surface area contributed by atoms with E-state index < -0.39 is 0 Å². The lowest BCUT2D eigenvalue weighted by Gasteiger charge is -2.02. The Kier molecular flexibility index (Phi) is 7.12. The van der Waals surface area contributed by atoms with Gasteiger partial charge in [0.25, 0.3) is 0 Å². The van der Waals surface area contributed by atoms with Crippen molar-refractivity contribution < 1.29 is 4.74 Å². The second-order valence-electron chi connectivity index (χ2n) is 3.35. The molecule has 0 saturated carbocycles. The Morgan fingerprint density at radius 2 is 2.12 bits per heavy atom. The van der Waals surface area contributed by atoms with Crippen LogP contribution in [0.15, 0.2) is 17.6 Å². The molecule has 0 aromatic carbocycles. The van der Waals surface area contributed by atoms with Crippen LogP contribution in [-0.4, -0.2) is 36.0 Å². The molecule has 4 nitrogen and oxygen atoms in total. The highest BCUT2D eigenvalue weighted by Crippen LogP contribution is 2.12. The summed E-state index contributed by atoms with van der Waals surface area (Å²) >= 11 is 1.67. The van der Waals surface area contributed by atoms with E-state index in [1.165, 1.54) is 0 Å². The molecule has 5 heteroatoms. The number of hydrogen-bond donors (Lipinski definition) is 1. The fraction of sp³-hybridized carbons (Fsp3) is 0.636. The van der Waals surface area contributed by atoms with Crippen molar-refractivity contribution in [3.8, 4) is 0 Å². The summed E-state index contributed by atoms with van der Waals surface area (Å²) in [6.45, 7) is 4.69. The topological polar surface area (TPSA) is 47.0 Å². The summed E-state index contributed by atoms with van der Waals surface area (Å²) in [7, 11) is 1.72. The average molecular weight is 241 g/mol. The van der Waals surface area contributed by atoms with Gasteiger partial charge in [0, 0.05) is 44.0 Å². The molecule has 0 bridgehead atoms. The first-order valence-corrected chi connectivity index (χ1v) is 6.48. The molecule has 1 aromatic heterocycles. The zero-order chi connectivity index (χ0) is 11.6. The minimum atomic E-state index is 0.797. The Hall–Kier alpha value is -0.650. The smallest absolute Gasteiger partial charge is 0.187 e. The van der Waals surface area contributed by atoms with Crippen molar-refractivity contribution in [1.82, 2.24) is 15.3 Å². The van der Waals surface area contributed by atoms with Crippen molar-refractivity contribution in [1.29, 1.82) is 0 Å². The number of nitrogens with one attached hydrogen (secondary N) is 1. The van der Waals surface area contributed by atoms with E-state index in [1.807, 2.05) is 12.4 Å². The largest absolute Gasteiger partial charge is 0.385 e.